The molecule has 92 valence electrons. The van der Waals surface area contributed by atoms with Gasteiger partial charge in [-0.05, 0) is 40.7 Å². The minimum absolute atomic E-state index is 0.354. The van der Waals surface area contributed by atoms with Crippen LogP contribution < -0.4 is 0 Å². The summed E-state index contributed by atoms with van der Waals surface area (Å²) in [4.78, 5) is 0.586. The molecular formula is C15H19BrS. The molecule has 2 heteroatoms. The lowest BCUT2D eigenvalue weighted by Crippen LogP contribution is -2.18. The normalized spacial score (nSPS) is 14.1. The number of rotatable bonds is 4. The maximum absolute atomic E-state index is 3.67. The van der Waals surface area contributed by atoms with Crippen molar-refractivity contribution in [3.63, 3.8) is 0 Å². The molecule has 0 saturated carbocycles. The molecule has 0 N–H and O–H groups in total. The fourth-order valence-corrected chi connectivity index (χ4v) is 4.36. The third-order valence-electron chi connectivity index (χ3n) is 3.06. The molecule has 1 atom stereocenters. The number of hydrogen-bond acceptors (Lipinski definition) is 1. The van der Waals surface area contributed by atoms with Crippen LogP contribution in [0.1, 0.15) is 32.8 Å². The zero-order valence-corrected chi connectivity index (χ0v) is 13.1. The van der Waals surface area contributed by atoms with E-state index in [0.717, 1.165) is 6.42 Å². The van der Waals surface area contributed by atoms with Crippen molar-refractivity contribution in [3.8, 4) is 0 Å². The Kier molecular flexibility index (Phi) is 3.94. The molecule has 17 heavy (non-hydrogen) atoms. The van der Waals surface area contributed by atoms with E-state index in [0.29, 0.717) is 10.2 Å². The quantitative estimate of drug-likeness (QED) is 0.641. The average Bonchev–Trinajstić information content (AvgIpc) is 2.59. The first-order chi connectivity index (χ1) is 7.98. The molecule has 0 aliphatic heterocycles. The van der Waals surface area contributed by atoms with Crippen LogP contribution in [0, 0.1) is 5.41 Å². The third kappa shape index (κ3) is 3.32. The molecule has 2 aromatic rings. The fourth-order valence-electron chi connectivity index (χ4n) is 2.52. The molecule has 1 aromatic heterocycles. The van der Waals surface area contributed by atoms with E-state index in [2.05, 4.69) is 66.3 Å². The summed E-state index contributed by atoms with van der Waals surface area (Å²) in [5.74, 6) is 0. The molecule has 0 nitrogen and oxygen atoms in total. The van der Waals surface area contributed by atoms with Gasteiger partial charge >= 0.3 is 0 Å². The molecule has 1 aromatic carbocycles. The van der Waals surface area contributed by atoms with Gasteiger partial charge in [-0.2, -0.15) is 0 Å². The second-order valence-electron chi connectivity index (χ2n) is 5.58. The summed E-state index contributed by atoms with van der Waals surface area (Å²) >= 11 is 5.53. The van der Waals surface area contributed by atoms with Gasteiger partial charge in [0.1, 0.15) is 0 Å². The van der Waals surface area contributed by atoms with Crippen LogP contribution in [0.5, 0.6) is 0 Å². The summed E-state index contributed by atoms with van der Waals surface area (Å²) in [5.41, 5.74) is 1.86. The van der Waals surface area contributed by atoms with Crippen LogP contribution in [0.15, 0.2) is 29.6 Å². The smallest absolute Gasteiger partial charge is 0.0345 e. The van der Waals surface area contributed by atoms with Gasteiger partial charge in [-0.15, -0.1) is 11.3 Å². The lowest BCUT2D eigenvalue weighted by Gasteiger charge is -2.25. The van der Waals surface area contributed by atoms with Gasteiger partial charge < -0.3 is 0 Å². The zero-order valence-electron chi connectivity index (χ0n) is 10.7. The van der Waals surface area contributed by atoms with E-state index >= 15 is 0 Å². The monoisotopic (exact) mass is 310 g/mol. The van der Waals surface area contributed by atoms with Gasteiger partial charge in [0.25, 0.3) is 0 Å². The summed E-state index contributed by atoms with van der Waals surface area (Å²) in [7, 11) is 0. The van der Waals surface area contributed by atoms with Gasteiger partial charge in [-0.25, -0.2) is 0 Å². The third-order valence-corrected chi connectivity index (χ3v) is 4.40. The van der Waals surface area contributed by atoms with Gasteiger partial charge in [0, 0.05) is 9.53 Å². The highest BCUT2D eigenvalue weighted by molar-refractivity contribution is 9.09. The second-order valence-corrected chi connectivity index (χ2v) is 8.06. The van der Waals surface area contributed by atoms with Crippen LogP contribution in [0.2, 0.25) is 0 Å². The SMILES string of the molecule is CC(Br)CC(C)(C)Cc1csc2ccccc12. The van der Waals surface area contributed by atoms with E-state index in [-0.39, 0.29) is 0 Å². The molecule has 1 heterocycles. The fraction of sp³-hybridized carbons (Fsp3) is 0.467. The summed E-state index contributed by atoms with van der Waals surface area (Å²) in [6.45, 7) is 6.95. The Bertz CT molecular complexity index is 496. The molecule has 0 saturated heterocycles. The Hall–Kier alpha value is -0.340. The van der Waals surface area contributed by atoms with E-state index in [9.17, 15) is 0 Å². The average molecular weight is 311 g/mol. The molecule has 1 unspecified atom stereocenters. The van der Waals surface area contributed by atoms with Gasteiger partial charge in [0.15, 0.2) is 0 Å². The molecule has 0 aliphatic carbocycles. The van der Waals surface area contributed by atoms with Crippen molar-refractivity contribution in [2.75, 3.05) is 0 Å². The van der Waals surface area contributed by atoms with E-state index < -0.39 is 0 Å². The van der Waals surface area contributed by atoms with Crippen molar-refractivity contribution in [3.05, 3.63) is 35.2 Å². The molecule has 2 rings (SSSR count). The topological polar surface area (TPSA) is 0 Å². The van der Waals surface area contributed by atoms with E-state index in [1.54, 1.807) is 0 Å². The van der Waals surface area contributed by atoms with Crippen molar-refractivity contribution in [1.29, 1.82) is 0 Å². The molecule has 0 amide bonds. The van der Waals surface area contributed by atoms with Crippen LogP contribution in [-0.4, -0.2) is 4.83 Å². The second kappa shape index (κ2) is 5.11. The highest BCUT2D eigenvalue weighted by Crippen LogP contribution is 2.34. The molecular weight excluding hydrogens is 292 g/mol. The number of fused-ring (bicyclic) bond motifs is 1. The largest absolute Gasteiger partial charge is 0.144 e. The number of alkyl halides is 1. The van der Waals surface area contributed by atoms with Crippen molar-refractivity contribution < 1.29 is 0 Å². The number of benzene rings is 1. The lowest BCUT2D eigenvalue weighted by atomic mass is 9.82. The molecule has 0 bridgehead atoms. The standard InChI is InChI=1S/C15H19BrS/c1-11(16)8-15(2,3)9-12-10-17-14-7-5-4-6-13(12)14/h4-7,10-11H,8-9H2,1-3H3. The van der Waals surface area contributed by atoms with Crippen molar-refractivity contribution in [2.24, 2.45) is 5.41 Å². The number of hydrogen-bond donors (Lipinski definition) is 0. The minimum atomic E-state index is 0.354. The van der Waals surface area contributed by atoms with E-state index in [1.807, 2.05) is 11.3 Å². The predicted octanol–water partition coefficient (Wildman–Crippen LogP) is 5.64. The summed E-state index contributed by atoms with van der Waals surface area (Å²) < 4.78 is 1.41. The van der Waals surface area contributed by atoms with Crippen LogP contribution in [0.25, 0.3) is 10.1 Å². The molecule has 0 aliphatic rings. The molecule has 0 radical (unpaired) electrons. The summed E-state index contributed by atoms with van der Waals surface area (Å²) in [6.07, 6.45) is 2.37. The maximum Gasteiger partial charge on any atom is 0.0345 e. The highest BCUT2D eigenvalue weighted by atomic mass is 79.9. The van der Waals surface area contributed by atoms with E-state index in [4.69, 9.17) is 0 Å². The van der Waals surface area contributed by atoms with Gasteiger partial charge in [0.2, 0.25) is 0 Å². The van der Waals surface area contributed by atoms with Crippen molar-refractivity contribution in [1.82, 2.24) is 0 Å². The van der Waals surface area contributed by atoms with Gasteiger partial charge in [0.05, 0.1) is 0 Å². The first kappa shape index (κ1) is 13.1. The van der Waals surface area contributed by atoms with Gasteiger partial charge in [-0.1, -0.05) is 54.9 Å². The Morgan fingerprint density at radius 3 is 2.71 bits per heavy atom. The van der Waals surface area contributed by atoms with E-state index in [1.165, 1.54) is 22.1 Å². The first-order valence-electron chi connectivity index (χ1n) is 6.07. The minimum Gasteiger partial charge on any atom is -0.144 e. The van der Waals surface area contributed by atoms with Crippen LogP contribution in [-0.2, 0) is 6.42 Å². The Balaban J connectivity index is 2.23. The summed E-state index contributed by atoms with van der Waals surface area (Å²) in [5, 5.41) is 3.76. The number of thiophene rings is 1. The van der Waals surface area contributed by atoms with Crippen molar-refractivity contribution in [2.45, 2.75) is 38.4 Å². The highest BCUT2D eigenvalue weighted by Gasteiger charge is 2.22. The van der Waals surface area contributed by atoms with Crippen LogP contribution in [0.4, 0.5) is 0 Å². The Morgan fingerprint density at radius 2 is 2.00 bits per heavy atom. The van der Waals surface area contributed by atoms with Crippen LogP contribution >= 0.6 is 27.3 Å². The number of halogens is 1. The van der Waals surface area contributed by atoms with Crippen molar-refractivity contribution >= 4 is 37.4 Å². The lowest BCUT2D eigenvalue weighted by molar-refractivity contribution is 0.336. The van der Waals surface area contributed by atoms with Gasteiger partial charge in [-0.3, -0.25) is 0 Å². The Morgan fingerprint density at radius 1 is 1.29 bits per heavy atom. The molecule has 0 spiro atoms. The predicted molar refractivity (Wildman–Crippen MR) is 82.3 cm³/mol. The first-order valence-corrected chi connectivity index (χ1v) is 7.87. The maximum atomic E-state index is 3.67. The Labute approximate surface area is 116 Å². The molecule has 0 fully saturated rings. The zero-order chi connectivity index (χ0) is 12.5. The van der Waals surface area contributed by atoms with Crippen LogP contribution in [0.3, 0.4) is 0 Å². The summed E-state index contributed by atoms with van der Waals surface area (Å²) in [6, 6.07) is 8.71.